The minimum absolute atomic E-state index is 0.0166. The van der Waals surface area contributed by atoms with E-state index >= 15 is 0 Å². The van der Waals surface area contributed by atoms with E-state index in [9.17, 15) is 14.4 Å². The van der Waals surface area contributed by atoms with Crippen LogP contribution in [0.25, 0.3) is 0 Å². The van der Waals surface area contributed by atoms with Gasteiger partial charge in [0.05, 0.1) is 42.3 Å². The Hall–Kier alpha value is -2.73. The third-order valence-corrected chi connectivity index (χ3v) is 5.66. The molecule has 41 heavy (non-hydrogen) atoms. The topological polar surface area (TPSA) is 112 Å². The molecule has 0 heterocycles. The highest BCUT2D eigenvalue weighted by Crippen LogP contribution is 2.19. The van der Waals surface area contributed by atoms with Crippen molar-refractivity contribution in [1.29, 1.82) is 0 Å². The summed E-state index contributed by atoms with van der Waals surface area (Å²) in [6, 6.07) is -5.07. The highest BCUT2D eigenvalue weighted by Gasteiger charge is 2.10. The van der Waals surface area contributed by atoms with Gasteiger partial charge in [-0.1, -0.05) is 111 Å². The summed E-state index contributed by atoms with van der Waals surface area (Å²) in [5, 5.41) is 25.9. The average Bonchev–Trinajstić information content (AvgIpc) is 3.15. The van der Waals surface area contributed by atoms with E-state index in [1.807, 2.05) is 4.93 Å². The smallest absolute Gasteiger partial charge is 0.337 e. The standard InChI is InChI=1S/C8H7ClO2.C8H8O2.C7H5BrO2.C7H7Br.CH3I/c1-5-3-2-4-6(9)7(5)8(10)11;1-6-4-2-3-5-7(6)8(9)10;8-6-4-2-1-3-5(6)7(9)10;1-6-4-2-3-5-7(6)8;1-2/h2-4H,1H3,(H,10,11);2-5H,1H3,(H,9,10);1-4H,(H,9,10);2-5H,1H3;1H3/i2D,3D,4D;2D,3D,4D,5D;1D,2D,3D,4D;2D,3D,4D,5D;. The summed E-state index contributed by atoms with van der Waals surface area (Å²) in [5.74, 6) is -4.01. The first-order valence-electron chi connectivity index (χ1n) is 18.0. The summed E-state index contributed by atoms with van der Waals surface area (Å²) in [5.41, 5.74) is -0.363. The Morgan fingerprint density at radius 2 is 1.02 bits per heavy atom. The van der Waals surface area contributed by atoms with E-state index in [1.165, 1.54) is 13.8 Å². The van der Waals surface area contributed by atoms with Crippen LogP contribution in [0.3, 0.4) is 0 Å². The van der Waals surface area contributed by atoms with E-state index in [0.29, 0.717) is 10.0 Å². The van der Waals surface area contributed by atoms with Crippen LogP contribution in [0.5, 0.6) is 0 Å². The van der Waals surface area contributed by atoms with Crippen molar-refractivity contribution < 1.29 is 50.3 Å². The first kappa shape index (κ1) is 19.5. The Labute approximate surface area is 296 Å². The van der Waals surface area contributed by atoms with E-state index in [2.05, 4.69) is 54.5 Å². The molecule has 0 fully saturated rings. The Balaban J connectivity index is 0.000000710. The number of carbonyl (C=O) groups is 3. The van der Waals surface area contributed by atoms with Gasteiger partial charge in [-0.25, -0.2) is 14.4 Å². The second kappa shape index (κ2) is 21.0. The minimum Gasteiger partial charge on any atom is -0.478 e. The van der Waals surface area contributed by atoms with Gasteiger partial charge in [-0.05, 0) is 88.5 Å². The maximum absolute atomic E-state index is 10.7. The second-order valence-corrected chi connectivity index (χ2v) is 8.70. The molecule has 0 saturated heterocycles. The largest absolute Gasteiger partial charge is 0.478 e. The molecule has 4 rings (SSSR count). The molecule has 3 N–H and O–H groups in total. The minimum atomic E-state index is -1.39. The Kier molecular flexibility index (Phi) is 9.99. The van der Waals surface area contributed by atoms with Crippen molar-refractivity contribution in [3.05, 3.63) is 138 Å². The average molecular weight is 836 g/mol. The summed E-state index contributed by atoms with van der Waals surface area (Å²) in [6.45, 7) is 4.42. The van der Waals surface area contributed by atoms with Gasteiger partial charge in [-0.15, -0.1) is 0 Å². The van der Waals surface area contributed by atoms with E-state index in [0.717, 1.165) is 0 Å². The van der Waals surface area contributed by atoms with Crippen molar-refractivity contribution in [3.8, 4) is 0 Å². The molecule has 218 valence electrons. The van der Waals surface area contributed by atoms with E-state index < -0.39 is 65.8 Å². The first-order valence-corrected chi connectivity index (χ1v) is 14.6. The molecule has 0 aliphatic heterocycles. The molecule has 4 aromatic rings. The first-order chi connectivity index (χ1) is 25.6. The van der Waals surface area contributed by atoms with E-state index in [-0.39, 0.29) is 80.1 Å². The Morgan fingerprint density at radius 3 is 1.54 bits per heavy atom. The molecule has 4 aromatic carbocycles. The fourth-order valence-electron chi connectivity index (χ4n) is 2.12. The summed E-state index contributed by atoms with van der Waals surface area (Å²) >= 11 is 13.7. The maximum atomic E-state index is 10.7. The van der Waals surface area contributed by atoms with Crippen molar-refractivity contribution in [2.45, 2.75) is 20.8 Å². The van der Waals surface area contributed by atoms with Gasteiger partial charge in [-0.3, -0.25) is 0 Å². The molecule has 6 nitrogen and oxygen atoms in total. The van der Waals surface area contributed by atoms with Gasteiger partial charge in [0.25, 0.3) is 0 Å². The van der Waals surface area contributed by atoms with Crippen LogP contribution >= 0.6 is 66.1 Å². The van der Waals surface area contributed by atoms with Crippen LogP contribution in [0.4, 0.5) is 0 Å². The van der Waals surface area contributed by atoms with Gasteiger partial charge >= 0.3 is 17.9 Å². The number of carboxylic acid groups (broad SMARTS) is 3. The fourth-order valence-corrected chi connectivity index (χ4v) is 2.95. The molecule has 0 aliphatic rings. The maximum Gasteiger partial charge on any atom is 0.337 e. The zero-order valence-corrected chi connectivity index (χ0v) is 27.7. The lowest BCUT2D eigenvalue weighted by Crippen LogP contribution is -1.99. The number of alkyl halides is 1. The highest BCUT2D eigenvalue weighted by atomic mass is 127. The third kappa shape index (κ3) is 14.6. The Bertz CT molecular complexity index is 1830. The van der Waals surface area contributed by atoms with Gasteiger partial charge in [0.1, 0.15) is 0 Å². The number of carboxylic acids is 3. The summed E-state index contributed by atoms with van der Waals surface area (Å²) in [6.07, 6.45) is 0. The third-order valence-electron chi connectivity index (χ3n) is 3.99. The molecule has 0 saturated carbocycles. The summed E-state index contributed by atoms with van der Waals surface area (Å²) < 4.78 is 110. The predicted molar refractivity (Wildman–Crippen MR) is 181 cm³/mol. The van der Waals surface area contributed by atoms with Crippen molar-refractivity contribution in [3.63, 3.8) is 0 Å². The van der Waals surface area contributed by atoms with Crippen LogP contribution in [-0.4, -0.2) is 38.2 Å². The quantitative estimate of drug-likeness (QED) is 0.140. The molecule has 0 aromatic heterocycles. The molecule has 0 unspecified atom stereocenters. The van der Waals surface area contributed by atoms with Crippen LogP contribution in [0.15, 0.2) is 99.6 Å². The lowest BCUT2D eigenvalue weighted by atomic mass is 10.1. The van der Waals surface area contributed by atoms with Crippen LogP contribution < -0.4 is 0 Å². The molecule has 0 bridgehead atoms. The zero-order chi connectivity index (χ0) is 44.6. The van der Waals surface area contributed by atoms with E-state index in [1.54, 1.807) is 6.92 Å². The lowest BCUT2D eigenvalue weighted by molar-refractivity contribution is 0.0685. The van der Waals surface area contributed by atoms with Crippen LogP contribution in [-0.2, 0) is 0 Å². The number of halogens is 4. The molecule has 0 atom stereocenters. The molecule has 0 aliphatic carbocycles. The van der Waals surface area contributed by atoms with Crippen LogP contribution in [0, 0.1) is 20.8 Å². The second-order valence-electron chi connectivity index (χ2n) is 6.73. The van der Waals surface area contributed by atoms with Gasteiger partial charge in [0.2, 0.25) is 0 Å². The van der Waals surface area contributed by atoms with Gasteiger partial charge < -0.3 is 15.3 Å². The number of rotatable bonds is 3. The zero-order valence-electron chi connectivity index (χ0n) is 36.6. The molecule has 0 amide bonds. The number of aromatic carboxylic acids is 3. The van der Waals surface area contributed by atoms with Gasteiger partial charge in [-0.2, -0.15) is 0 Å². The van der Waals surface area contributed by atoms with Gasteiger partial charge in [0, 0.05) is 8.95 Å². The molecular formula is C31H30Br2ClIO6. The number of benzene rings is 4. The van der Waals surface area contributed by atoms with Crippen molar-refractivity contribution in [2.75, 3.05) is 4.93 Å². The summed E-state index contributed by atoms with van der Waals surface area (Å²) in [4.78, 5) is 34.1. The van der Waals surface area contributed by atoms with Crippen molar-refractivity contribution in [1.82, 2.24) is 0 Å². The predicted octanol–water partition coefficient (Wildman–Crippen LogP) is 10.00. The number of hydrogen-bond acceptors (Lipinski definition) is 3. The van der Waals surface area contributed by atoms with Crippen molar-refractivity contribution in [2.24, 2.45) is 0 Å². The van der Waals surface area contributed by atoms with Crippen LogP contribution in [0.1, 0.15) is 68.3 Å². The molecule has 10 heteroatoms. The normalized spacial score (nSPS) is 14.2. The lowest BCUT2D eigenvalue weighted by Gasteiger charge is -2.00. The van der Waals surface area contributed by atoms with Gasteiger partial charge in [0.15, 0.2) is 0 Å². The molecule has 0 radical (unpaired) electrons. The molecular weight excluding hydrogens is 790 g/mol. The SMILES string of the molecule is CI.[2H]c1c([2H])c(C)c(C(=O)O)c(Cl)c1[2H].[2H]c1c([2H])c([2H])c(Br)c(C)c1[2H].[2H]c1c([2H])c([2H])c(C(=O)O)c(Br)c1[2H].[2H]c1c([2H])c([2H])c(C(=O)O)c(C)c1[2H]. The highest BCUT2D eigenvalue weighted by molar-refractivity contribution is 14.1. The molecule has 0 spiro atoms. The van der Waals surface area contributed by atoms with E-state index in [4.69, 9.17) is 47.5 Å². The Morgan fingerprint density at radius 1 is 0.610 bits per heavy atom. The summed E-state index contributed by atoms with van der Waals surface area (Å²) in [7, 11) is 0. The van der Waals surface area contributed by atoms with Crippen molar-refractivity contribution >= 4 is 84.0 Å². The fraction of sp³-hybridized carbons (Fsp3) is 0.129. The monoisotopic (exact) mass is 833 g/mol. The van der Waals surface area contributed by atoms with Crippen LogP contribution in [0.2, 0.25) is 5.02 Å². The number of hydrogen-bond donors (Lipinski definition) is 3.